The first-order valence-corrected chi connectivity index (χ1v) is 2.09. The third-order valence-corrected chi connectivity index (χ3v) is 0. The maximum absolute atomic E-state index is 8.40. The van der Waals surface area contributed by atoms with Gasteiger partial charge in [0, 0.05) is 0 Å². The Bertz CT molecular complexity index is 34.2. The van der Waals surface area contributed by atoms with E-state index in [1.165, 1.54) is 0 Å². The predicted octanol–water partition coefficient (Wildman–Crippen LogP) is -1.65. The standard InChI is InChI=1S/O2Si.H2OSi/c1-3-2;1-2/h;2H2. The first-order chi connectivity index (χ1) is 2.41. The van der Waals surface area contributed by atoms with Crippen molar-refractivity contribution < 1.29 is 13.4 Å². The molecule has 0 radical (unpaired) electrons. The molecule has 5 heavy (non-hydrogen) atoms. The fourth-order valence-corrected chi connectivity index (χ4v) is 0. The minimum atomic E-state index is -1.42. The lowest BCUT2D eigenvalue weighted by Gasteiger charge is -0.944. The second-order valence-electron chi connectivity index (χ2n) is 0.0833. The van der Waals surface area contributed by atoms with E-state index < -0.39 is 9.29 Å². The third kappa shape index (κ3) is 467. The van der Waals surface area contributed by atoms with Crippen LogP contribution in [0.15, 0.2) is 0 Å². The van der Waals surface area contributed by atoms with Crippen molar-refractivity contribution in [2.45, 2.75) is 0 Å². The van der Waals surface area contributed by atoms with Crippen LogP contribution in [0.5, 0.6) is 0 Å². The zero-order valence-corrected chi connectivity index (χ0v) is 4.85. The van der Waals surface area contributed by atoms with Crippen LogP contribution in [0.4, 0.5) is 0 Å². The van der Waals surface area contributed by atoms with Crippen LogP contribution >= 0.6 is 0 Å². The summed E-state index contributed by atoms with van der Waals surface area (Å²) in [6.07, 6.45) is 0. The van der Waals surface area contributed by atoms with Crippen molar-refractivity contribution in [3.05, 3.63) is 0 Å². The van der Waals surface area contributed by atoms with Gasteiger partial charge in [0.25, 0.3) is 0 Å². The molecule has 0 aliphatic rings. The average Bonchev–Trinajstić information content (AvgIpc) is 1.46. The van der Waals surface area contributed by atoms with E-state index in [-0.39, 0.29) is 0 Å². The molecule has 0 unspecified atom stereocenters. The summed E-state index contributed by atoms with van der Waals surface area (Å²) >= 11 is 0. The highest BCUT2D eigenvalue weighted by atomic mass is 28.2. The fourth-order valence-electron chi connectivity index (χ4n) is 0. The maximum atomic E-state index is 8.40. The van der Waals surface area contributed by atoms with E-state index in [1.54, 1.807) is 0 Å². The third-order valence-electron chi connectivity index (χ3n) is 0. The molecule has 0 heterocycles. The first-order valence-electron chi connectivity index (χ1n) is 0.697. The molecule has 0 saturated heterocycles. The first kappa shape index (κ1) is 8.85. The molecule has 0 bridgehead atoms. The van der Waals surface area contributed by atoms with Gasteiger partial charge in [-0.2, -0.15) is 0 Å². The Morgan fingerprint density at radius 2 is 1.20 bits per heavy atom. The second-order valence-corrected chi connectivity index (χ2v) is 0.250. The highest BCUT2D eigenvalue weighted by molar-refractivity contribution is 5.94. The molecule has 0 rings (SSSR count). The van der Waals surface area contributed by atoms with E-state index in [1.807, 2.05) is 0 Å². The van der Waals surface area contributed by atoms with Crippen molar-refractivity contribution in [3.8, 4) is 0 Å². The predicted molar refractivity (Wildman–Crippen MR) is 16.4 cm³/mol. The summed E-state index contributed by atoms with van der Waals surface area (Å²) < 4.78 is 25.1. The van der Waals surface area contributed by atoms with Gasteiger partial charge < -0.3 is 4.46 Å². The van der Waals surface area contributed by atoms with E-state index in [2.05, 4.69) is 0 Å². The van der Waals surface area contributed by atoms with Gasteiger partial charge in [-0.05, 0) is 0 Å². The molecule has 28 valence electrons. The molecule has 0 fully saturated rings. The van der Waals surface area contributed by atoms with Crippen LogP contribution in [0.25, 0.3) is 0 Å². The average molecular weight is 106 g/mol. The van der Waals surface area contributed by atoms with Gasteiger partial charge in [0.1, 0.15) is 0 Å². The van der Waals surface area contributed by atoms with Crippen LogP contribution < -0.4 is 0 Å². The van der Waals surface area contributed by atoms with Gasteiger partial charge in [-0.1, -0.05) is 0 Å². The molecule has 0 aromatic rings. The summed E-state index contributed by atoms with van der Waals surface area (Å²) in [5, 5.41) is 0. The number of hydrogen-bond donors (Lipinski definition) is 0. The van der Waals surface area contributed by atoms with Crippen molar-refractivity contribution in [1.82, 2.24) is 0 Å². The Balaban J connectivity index is 0. The van der Waals surface area contributed by atoms with Gasteiger partial charge in [-0.3, -0.25) is 8.92 Å². The number of rotatable bonds is 0. The van der Waals surface area contributed by atoms with Crippen molar-refractivity contribution in [1.29, 1.82) is 0 Å². The summed E-state index contributed by atoms with van der Waals surface area (Å²) in [6, 6.07) is 0. The summed E-state index contributed by atoms with van der Waals surface area (Å²) in [5.41, 5.74) is 0. The Hall–Kier alpha value is -0.166. The summed E-state index contributed by atoms with van der Waals surface area (Å²) in [6.45, 7) is 0. The molecular weight excluding hydrogens is 104 g/mol. The maximum Gasteiger partial charge on any atom is 0.549 e. The molecule has 0 spiro atoms. The Labute approximate surface area is 33.8 Å². The largest absolute Gasteiger partial charge is 0.549 e. The van der Waals surface area contributed by atoms with Crippen molar-refractivity contribution in [2.24, 2.45) is 0 Å². The lowest BCUT2D eigenvalue weighted by Crippen LogP contribution is -1.26. The molecule has 0 aliphatic heterocycles. The van der Waals surface area contributed by atoms with E-state index >= 15 is 0 Å². The second kappa shape index (κ2) is 44.3. The van der Waals surface area contributed by atoms with Crippen LogP contribution in [0.3, 0.4) is 0 Å². The van der Waals surface area contributed by atoms with Crippen LogP contribution in [-0.4, -0.2) is 19.4 Å². The summed E-state index contributed by atoms with van der Waals surface area (Å²) in [4.78, 5) is 0. The molecule has 0 saturated carbocycles. The number of hydrogen-bond acceptors (Lipinski definition) is 3. The Morgan fingerprint density at radius 1 is 1.20 bits per heavy atom. The van der Waals surface area contributed by atoms with Gasteiger partial charge >= 0.3 is 9.29 Å². The van der Waals surface area contributed by atoms with E-state index in [0.29, 0.717) is 10.1 Å². The van der Waals surface area contributed by atoms with Gasteiger partial charge in [-0.25, -0.2) is 0 Å². The SMILES string of the molecule is O=[SiH2].O=[Si]=O. The van der Waals surface area contributed by atoms with Gasteiger partial charge in [0.15, 0.2) is 0 Å². The molecule has 5 heteroatoms. The van der Waals surface area contributed by atoms with Crippen LogP contribution in [0.2, 0.25) is 0 Å². The molecule has 0 aromatic heterocycles. The minimum absolute atomic E-state index is 0.611. The minimum Gasteiger partial charge on any atom is -0.396 e. The van der Waals surface area contributed by atoms with Crippen molar-refractivity contribution in [3.63, 3.8) is 0 Å². The molecule has 0 aliphatic carbocycles. The zero-order chi connectivity index (χ0) is 4.71. The monoisotopic (exact) mass is 106 g/mol. The highest BCUT2D eigenvalue weighted by Crippen LogP contribution is 0.759. The van der Waals surface area contributed by atoms with Crippen LogP contribution in [0, 0.1) is 0 Å². The lowest BCUT2D eigenvalue weighted by atomic mass is 15.9. The van der Waals surface area contributed by atoms with Gasteiger partial charge in [0.05, 0.1) is 0 Å². The topological polar surface area (TPSA) is 51.2 Å². The zero-order valence-electron chi connectivity index (χ0n) is 2.43. The molecular formula is H2O3Si2. The molecule has 0 atom stereocenters. The smallest absolute Gasteiger partial charge is 0.396 e. The van der Waals surface area contributed by atoms with Crippen molar-refractivity contribution >= 4 is 19.4 Å². The fraction of sp³-hybridized carbons (Fsp3) is 0. The quantitative estimate of drug-likeness (QED) is 0.347. The lowest BCUT2D eigenvalue weighted by molar-refractivity contribution is 0.497. The molecule has 0 aromatic carbocycles. The van der Waals surface area contributed by atoms with E-state index in [0.717, 1.165) is 0 Å². The van der Waals surface area contributed by atoms with Gasteiger partial charge in [-0.15, -0.1) is 0 Å². The van der Waals surface area contributed by atoms with Crippen LogP contribution in [0.1, 0.15) is 0 Å². The summed E-state index contributed by atoms with van der Waals surface area (Å²) in [7, 11) is -0.806. The van der Waals surface area contributed by atoms with Crippen LogP contribution in [-0.2, 0) is 13.4 Å². The molecule has 0 amide bonds. The molecule has 3 nitrogen and oxygen atoms in total. The van der Waals surface area contributed by atoms with Crippen molar-refractivity contribution in [2.75, 3.05) is 0 Å². The van der Waals surface area contributed by atoms with E-state index in [4.69, 9.17) is 13.4 Å². The summed E-state index contributed by atoms with van der Waals surface area (Å²) in [5.74, 6) is 0. The Morgan fingerprint density at radius 3 is 1.20 bits per heavy atom. The van der Waals surface area contributed by atoms with Gasteiger partial charge in [0.2, 0.25) is 10.1 Å². The Kier molecular flexibility index (Phi) is 78.4. The highest BCUT2D eigenvalue weighted by Gasteiger charge is 1.22. The van der Waals surface area contributed by atoms with E-state index in [9.17, 15) is 0 Å². The normalized spacial score (nSPS) is 2.40. The molecule has 0 N–H and O–H groups in total.